The molecule has 2 rings (SSSR count). The molecule has 0 unspecified atom stereocenters. The number of carbonyl (C=O) groups excluding carboxylic acids is 1. The molecule has 0 saturated heterocycles. The molecule has 4 nitrogen and oxygen atoms in total. The Labute approximate surface area is 145 Å². The molecule has 5 heteroatoms. The largest absolute Gasteiger partial charge is 0.496 e. The van der Waals surface area contributed by atoms with Crippen LogP contribution >= 0.6 is 15.9 Å². The van der Waals surface area contributed by atoms with Crippen molar-refractivity contribution in [1.82, 2.24) is 5.32 Å². The standard InChI is InChI=1S/C18H21BrN2O2/c1-12-8-9-14(10-16(12)19)21-18(22)11-20-13(2)15-6-4-5-7-17(15)23-3/h4-10,13,20H,11H2,1-3H3,(H,21,22)/t13-/m0/s1. The highest BCUT2D eigenvalue weighted by molar-refractivity contribution is 9.10. The van der Waals surface area contributed by atoms with Crippen molar-refractivity contribution >= 4 is 27.5 Å². The van der Waals surface area contributed by atoms with Crippen LogP contribution < -0.4 is 15.4 Å². The molecule has 122 valence electrons. The monoisotopic (exact) mass is 376 g/mol. The summed E-state index contributed by atoms with van der Waals surface area (Å²) in [6, 6.07) is 13.6. The van der Waals surface area contributed by atoms with Crippen molar-refractivity contribution in [3.05, 3.63) is 58.1 Å². The smallest absolute Gasteiger partial charge is 0.238 e. The van der Waals surface area contributed by atoms with Gasteiger partial charge in [-0.3, -0.25) is 4.79 Å². The van der Waals surface area contributed by atoms with Crippen molar-refractivity contribution in [2.24, 2.45) is 0 Å². The van der Waals surface area contributed by atoms with Crippen molar-refractivity contribution in [3.8, 4) is 5.75 Å². The molecule has 0 spiro atoms. The molecule has 0 bridgehead atoms. The molecule has 0 aromatic heterocycles. The molecule has 0 fully saturated rings. The minimum absolute atomic E-state index is 0.0154. The van der Waals surface area contributed by atoms with Crippen LogP contribution in [0.1, 0.15) is 24.1 Å². The first-order chi connectivity index (χ1) is 11.0. The van der Waals surface area contributed by atoms with E-state index >= 15 is 0 Å². The number of anilines is 1. The Morgan fingerprint density at radius 3 is 2.70 bits per heavy atom. The summed E-state index contributed by atoms with van der Waals surface area (Å²) in [6.07, 6.45) is 0. The topological polar surface area (TPSA) is 50.4 Å². The maximum atomic E-state index is 12.1. The van der Waals surface area contributed by atoms with Crippen LogP contribution in [0.2, 0.25) is 0 Å². The number of para-hydroxylation sites is 1. The van der Waals surface area contributed by atoms with Crippen LogP contribution in [0.15, 0.2) is 46.9 Å². The molecule has 0 heterocycles. The first-order valence-electron chi connectivity index (χ1n) is 7.43. The number of hydrogen-bond donors (Lipinski definition) is 2. The second kappa shape index (κ2) is 8.13. The average Bonchev–Trinajstić information content (AvgIpc) is 2.56. The van der Waals surface area contributed by atoms with Gasteiger partial charge in [0.25, 0.3) is 0 Å². The van der Waals surface area contributed by atoms with Crippen molar-refractivity contribution < 1.29 is 9.53 Å². The molecule has 0 aliphatic heterocycles. The minimum Gasteiger partial charge on any atom is -0.496 e. The molecule has 1 atom stereocenters. The first kappa shape index (κ1) is 17.5. The lowest BCUT2D eigenvalue weighted by Crippen LogP contribution is -2.30. The Hall–Kier alpha value is -1.85. The number of amides is 1. The second-order valence-corrected chi connectivity index (χ2v) is 6.21. The first-order valence-corrected chi connectivity index (χ1v) is 8.23. The zero-order valence-corrected chi connectivity index (χ0v) is 15.1. The van der Waals surface area contributed by atoms with Crippen LogP contribution in [0.4, 0.5) is 5.69 Å². The van der Waals surface area contributed by atoms with Gasteiger partial charge in [0.1, 0.15) is 5.75 Å². The van der Waals surface area contributed by atoms with Crippen molar-refractivity contribution in [1.29, 1.82) is 0 Å². The summed E-state index contributed by atoms with van der Waals surface area (Å²) < 4.78 is 6.32. The van der Waals surface area contributed by atoms with Crippen molar-refractivity contribution in [2.75, 3.05) is 19.0 Å². The average molecular weight is 377 g/mol. The van der Waals surface area contributed by atoms with Gasteiger partial charge >= 0.3 is 0 Å². The lowest BCUT2D eigenvalue weighted by atomic mass is 10.1. The molecule has 23 heavy (non-hydrogen) atoms. The van der Waals surface area contributed by atoms with E-state index in [-0.39, 0.29) is 18.5 Å². The van der Waals surface area contributed by atoms with E-state index in [4.69, 9.17) is 4.74 Å². The second-order valence-electron chi connectivity index (χ2n) is 5.36. The molecular formula is C18H21BrN2O2. The van der Waals surface area contributed by atoms with Gasteiger partial charge in [-0.25, -0.2) is 0 Å². The van der Waals surface area contributed by atoms with Gasteiger partial charge < -0.3 is 15.4 Å². The predicted molar refractivity (Wildman–Crippen MR) is 96.9 cm³/mol. The van der Waals surface area contributed by atoms with E-state index in [2.05, 4.69) is 26.6 Å². The quantitative estimate of drug-likeness (QED) is 0.799. The molecule has 2 aromatic rings. The summed E-state index contributed by atoms with van der Waals surface area (Å²) in [5.41, 5.74) is 2.94. The number of ether oxygens (including phenoxy) is 1. The number of carbonyl (C=O) groups is 1. The number of benzene rings is 2. The molecular weight excluding hydrogens is 356 g/mol. The van der Waals surface area contributed by atoms with Crippen LogP contribution in [0.3, 0.4) is 0 Å². The Morgan fingerprint density at radius 1 is 1.26 bits per heavy atom. The van der Waals surface area contributed by atoms with E-state index in [0.29, 0.717) is 0 Å². The normalized spacial score (nSPS) is 11.8. The summed E-state index contributed by atoms with van der Waals surface area (Å²) in [5, 5.41) is 6.10. The van der Waals surface area contributed by atoms with Crippen LogP contribution in [0.25, 0.3) is 0 Å². The Morgan fingerprint density at radius 2 is 2.00 bits per heavy atom. The fourth-order valence-electron chi connectivity index (χ4n) is 2.26. The highest BCUT2D eigenvalue weighted by Gasteiger charge is 2.12. The van der Waals surface area contributed by atoms with Gasteiger partial charge in [0.2, 0.25) is 5.91 Å². The summed E-state index contributed by atoms with van der Waals surface area (Å²) in [6.45, 7) is 4.24. The Kier molecular flexibility index (Phi) is 6.19. The van der Waals surface area contributed by atoms with Gasteiger partial charge in [0.15, 0.2) is 0 Å². The Bertz CT molecular complexity index is 688. The van der Waals surface area contributed by atoms with E-state index in [1.807, 2.05) is 56.3 Å². The fraction of sp³-hybridized carbons (Fsp3) is 0.278. The summed E-state index contributed by atoms with van der Waals surface area (Å²) in [7, 11) is 1.65. The van der Waals surface area contributed by atoms with Crippen LogP contribution in [-0.4, -0.2) is 19.6 Å². The summed E-state index contributed by atoms with van der Waals surface area (Å²) in [5.74, 6) is 0.734. The minimum atomic E-state index is -0.0810. The van der Waals surface area contributed by atoms with Gasteiger partial charge in [-0.05, 0) is 37.6 Å². The highest BCUT2D eigenvalue weighted by atomic mass is 79.9. The molecule has 1 amide bonds. The summed E-state index contributed by atoms with van der Waals surface area (Å²) >= 11 is 3.46. The number of rotatable bonds is 6. The van der Waals surface area contributed by atoms with Gasteiger partial charge in [-0.2, -0.15) is 0 Å². The number of methoxy groups -OCH3 is 1. The third-order valence-electron chi connectivity index (χ3n) is 3.63. The Balaban J connectivity index is 1.92. The van der Waals surface area contributed by atoms with Crippen LogP contribution in [0, 0.1) is 6.92 Å². The molecule has 0 radical (unpaired) electrons. The van der Waals surface area contributed by atoms with E-state index in [1.54, 1.807) is 7.11 Å². The number of halogens is 1. The van der Waals surface area contributed by atoms with E-state index in [1.165, 1.54) is 0 Å². The third-order valence-corrected chi connectivity index (χ3v) is 4.48. The fourth-order valence-corrected chi connectivity index (χ4v) is 2.63. The predicted octanol–water partition coefficient (Wildman–Crippen LogP) is 4.06. The molecule has 0 saturated carbocycles. The number of nitrogens with one attached hydrogen (secondary N) is 2. The van der Waals surface area contributed by atoms with Crippen molar-refractivity contribution in [2.45, 2.75) is 19.9 Å². The lowest BCUT2D eigenvalue weighted by molar-refractivity contribution is -0.115. The van der Waals surface area contributed by atoms with E-state index < -0.39 is 0 Å². The molecule has 2 aromatic carbocycles. The van der Waals surface area contributed by atoms with Gasteiger partial charge in [-0.15, -0.1) is 0 Å². The molecule has 2 N–H and O–H groups in total. The zero-order valence-electron chi connectivity index (χ0n) is 13.5. The number of hydrogen-bond acceptors (Lipinski definition) is 3. The van der Waals surface area contributed by atoms with Gasteiger partial charge in [0, 0.05) is 21.8 Å². The molecule has 0 aliphatic rings. The lowest BCUT2D eigenvalue weighted by Gasteiger charge is -2.17. The zero-order chi connectivity index (χ0) is 16.8. The van der Waals surface area contributed by atoms with Gasteiger partial charge in [-0.1, -0.05) is 40.2 Å². The van der Waals surface area contributed by atoms with Crippen molar-refractivity contribution in [3.63, 3.8) is 0 Å². The van der Waals surface area contributed by atoms with Crippen LogP contribution in [0.5, 0.6) is 5.75 Å². The maximum absolute atomic E-state index is 12.1. The molecule has 0 aliphatic carbocycles. The maximum Gasteiger partial charge on any atom is 0.238 e. The van der Waals surface area contributed by atoms with Crippen LogP contribution in [-0.2, 0) is 4.79 Å². The van der Waals surface area contributed by atoms with E-state index in [9.17, 15) is 4.79 Å². The van der Waals surface area contributed by atoms with E-state index in [0.717, 1.165) is 27.0 Å². The summed E-state index contributed by atoms with van der Waals surface area (Å²) in [4.78, 5) is 12.1. The van der Waals surface area contributed by atoms with Gasteiger partial charge in [0.05, 0.1) is 13.7 Å². The number of aryl methyl sites for hydroxylation is 1. The SMILES string of the molecule is COc1ccccc1[C@H](C)NCC(=O)Nc1ccc(C)c(Br)c1. The highest BCUT2D eigenvalue weighted by Crippen LogP contribution is 2.24. The third kappa shape index (κ3) is 4.81.